The lowest BCUT2D eigenvalue weighted by molar-refractivity contribution is -0.118. The first-order valence-electron chi connectivity index (χ1n) is 8.22. The van der Waals surface area contributed by atoms with Crippen LogP contribution in [-0.2, 0) is 4.79 Å². The number of aryl methyl sites for hydroxylation is 1. The van der Waals surface area contributed by atoms with Gasteiger partial charge in [-0.2, -0.15) is 0 Å². The van der Waals surface area contributed by atoms with E-state index in [9.17, 15) is 4.79 Å². The summed E-state index contributed by atoms with van der Waals surface area (Å²) in [5.74, 6) is 1.94. The first-order valence-corrected chi connectivity index (χ1v) is 8.22. The molecule has 1 amide bonds. The summed E-state index contributed by atoms with van der Waals surface area (Å²) in [4.78, 5) is 16.2. The molecule has 0 radical (unpaired) electrons. The third kappa shape index (κ3) is 6.28. The molecule has 5 heteroatoms. The van der Waals surface area contributed by atoms with Gasteiger partial charge < -0.3 is 15.4 Å². The molecule has 0 aliphatic carbocycles. The largest absolute Gasteiger partial charge is 0.484 e. The topological polar surface area (TPSA) is 63.2 Å². The van der Waals surface area contributed by atoms with Crippen LogP contribution in [0.2, 0.25) is 0 Å². The number of hydrogen-bond acceptors (Lipinski definition) is 4. The summed E-state index contributed by atoms with van der Waals surface area (Å²) in [5.41, 5.74) is 1.81. The van der Waals surface area contributed by atoms with Gasteiger partial charge in [0.2, 0.25) is 0 Å². The van der Waals surface area contributed by atoms with Crippen LogP contribution in [0.15, 0.2) is 42.6 Å². The average molecular weight is 327 g/mol. The molecule has 5 nitrogen and oxygen atoms in total. The summed E-state index contributed by atoms with van der Waals surface area (Å²) < 4.78 is 5.45. The Bertz CT molecular complexity index is 637. The summed E-state index contributed by atoms with van der Waals surface area (Å²) in [7, 11) is 0. The second-order valence-electron chi connectivity index (χ2n) is 6.19. The van der Waals surface area contributed by atoms with Crippen molar-refractivity contribution >= 4 is 17.4 Å². The summed E-state index contributed by atoms with van der Waals surface area (Å²) in [5, 5.41) is 6.03. The number of rotatable bonds is 8. The molecule has 1 aromatic heterocycles. The van der Waals surface area contributed by atoms with Crippen molar-refractivity contribution in [1.82, 2.24) is 4.98 Å². The molecule has 0 atom stereocenters. The molecular formula is C19H25N3O2. The fourth-order valence-electron chi connectivity index (χ4n) is 2.04. The molecule has 2 aromatic rings. The second-order valence-corrected chi connectivity index (χ2v) is 6.19. The molecule has 2 N–H and O–H groups in total. The zero-order valence-electron chi connectivity index (χ0n) is 14.5. The van der Waals surface area contributed by atoms with E-state index in [-0.39, 0.29) is 12.5 Å². The minimum atomic E-state index is -0.210. The predicted octanol–water partition coefficient (Wildman–Crippen LogP) is 3.87. The smallest absolute Gasteiger partial charge is 0.262 e. The summed E-state index contributed by atoms with van der Waals surface area (Å²) in [6.45, 7) is 7.24. The van der Waals surface area contributed by atoms with Crippen LogP contribution in [0.1, 0.15) is 25.8 Å². The van der Waals surface area contributed by atoms with E-state index >= 15 is 0 Å². The van der Waals surface area contributed by atoms with Gasteiger partial charge in [0, 0.05) is 6.54 Å². The maximum Gasteiger partial charge on any atom is 0.262 e. The molecule has 0 aliphatic rings. The van der Waals surface area contributed by atoms with E-state index in [1.165, 1.54) is 0 Å². The molecule has 0 saturated heterocycles. The van der Waals surface area contributed by atoms with Crippen molar-refractivity contribution in [3.63, 3.8) is 0 Å². The van der Waals surface area contributed by atoms with Crippen molar-refractivity contribution in [2.24, 2.45) is 5.92 Å². The fourth-order valence-corrected chi connectivity index (χ4v) is 2.04. The number of aromatic nitrogens is 1. The standard InChI is InChI=1S/C19H25N3O2/c1-14(2)10-11-20-18-9-6-16(12-21-18)22-19(23)13-24-17-7-4-15(3)5-8-17/h4-9,12,14H,10-11,13H2,1-3H3,(H,20,21)(H,22,23). The molecule has 0 unspecified atom stereocenters. The number of hydrogen-bond donors (Lipinski definition) is 2. The van der Waals surface area contributed by atoms with E-state index in [1.807, 2.05) is 43.3 Å². The first kappa shape index (κ1) is 17.8. The quantitative estimate of drug-likeness (QED) is 0.772. The average Bonchev–Trinajstić information content (AvgIpc) is 2.56. The second kappa shape index (κ2) is 8.91. The molecule has 0 saturated carbocycles. The molecule has 0 spiro atoms. The lowest BCUT2D eigenvalue weighted by Gasteiger charge is -2.09. The third-order valence-corrected chi connectivity index (χ3v) is 3.47. The summed E-state index contributed by atoms with van der Waals surface area (Å²) in [6, 6.07) is 11.3. The molecule has 0 fully saturated rings. The monoisotopic (exact) mass is 327 g/mol. The molecular weight excluding hydrogens is 302 g/mol. The van der Waals surface area contributed by atoms with Gasteiger partial charge in [-0.3, -0.25) is 4.79 Å². The minimum Gasteiger partial charge on any atom is -0.484 e. The SMILES string of the molecule is Cc1ccc(OCC(=O)Nc2ccc(NCCC(C)C)nc2)cc1. The van der Waals surface area contributed by atoms with Gasteiger partial charge in [-0.1, -0.05) is 31.5 Å². The highest BCUT2D eigenvalue weighted by molar-refractivity contribution is 5.91. The van der Waals surface area contributed by atoms with Crippen LogP contribution in [0.25, 0.3) is 0 Å². The van der Waals surface area contributed by atoms with E-state index in [1.54, 1.807) is 6.20 Å². The van der Waals surface area contributed by atoms with Crippen molar-refractivity contribution in [3.8, 4) is 5.75 Å². The van der Waals surface area contributed by atoms with E-state index in [0.717, 1.165) is 24.3 Å². The Morgan fingerprint density at radius 2 is 1.92 bits per heavy atom. The molecule has 0 bridgehead atoms. The maximum atomic E-state index is 11.9. The van der Waals surface area contributed by atoms with E-state index in [4.69, 9.17) is 4.74 Å². The summed E-state index contributed by atoms with van der Waals surface area (Å²) >= 11 is 0. The van der Waals surface area contributed by atoms with Crippen molar-refractivity contribution in [2.75, 3.05) is 23.8 Å². The normalized spacial score (nSPS) is 10.5. The van der Waals surface area contributed by atoms with Crippen molar-refractivity contribution < 1.29 is 9.53 Å². The Morgan fingerprint density at radius 3 is 2.54 bits per heavy atom. The number of anilines is 2. The predicted molar refractivity (Wildman–Crippen MR) is 97.5 cm³/mol. The molecule has 128 valence electrons. The van der Waals surface area contributed by atoms with Crippen LogP contribution in [0, 0.1) is 12.8 Å². The van der Waals surface area contributed by atoms with Crippen molar-refractivity contribution in [3.05, 3.63) is 48.2 Å². The van der Waals surface area contributed by atoms with Crippen LogP contribution >= 0.6 is 0 Å². The van der Waals surface area contributed by atoms with Gasteiger partial charge in [0.05, 0.1) is 11.9 Å². The molecule has 0 aliphatic heterocycles. The van der Waals surface area contributed by atoms with Gasteiger partial charge in [-0.25, -0.2) is 4.98 Å². The van der Waals surface area contributed by atoms with Gasteiger partial charge in [0.25, 0.3) is 5.91 Å². The molecule has 1 heterocycles. The van der Waals surface area contributed by atoms with Gasteiger partial charge in [-0.15, -0.1) is 0 Å². The lowest BCUT2D eigenvalue weighted by atomic mass is 10.1. The van der Waals surface area contributed by atoms with Gasteiger partial charge in [0.1, 0.15) is 11.6 Å². The van der Waals surface area contributed by atoms with Crippen LogP contribution in [0.3, 0.4) is 0 Å². The van der Waals surface area contributed by atoms with Crippen LogP contribution in [-0.4, -0.2) is 24.0 Å². The van der Waals surface area contributed by atoms with Crippen LogP contribution in [0.5, 0.6) is 5.75 Å². The fraction of sp³-hybridized carbons (Fsp3) is 0.368. The number of carbonyl (C=O) groups excluding carboxylic acids is 1. The zero-order valence-corrected chi connectivity index (χ0v) is 14.5. The number of ether oxygens (including phenoxy) is 1. The molecule has 24 heavy (non-hydrogen) atoms. The van der Waals surface area contributed by atoms with Gasteiger partial charge in [-0.05, 0) is 43.5 Å². The van der Waals surface area contributed by atoms with Crippen molar-refractivity contribution in [1.29, 1.82) is 0 Å². The highest BCUT2D eigenvalue weighted by atomic mass is 16.5. The number of carbonyl (C=O) groups is 1. The Morgan fingerprint density at radius 1 is 1.17 bits per heavy atom. The zero-order chi connectivity index (χ0) is 17.4. The highest BCUT2D eigenvalue weighted by Gasteiger charge is 2.04. The van der Waals surface area contributed by atoms with E-state index < -0.39 is 0 Å². The van der Waals surface area contributed by atoms with Gasteiger partial charge >= 0.3 is 0 Å². The van der Waals surface area contributed by atoms with Crippen LogP contribution in [0.4, 0.5) is 11.5 Å². The number of nitrogens with one attached hydrogen (secondary N) is 2. The third-order valence-electron chi connectivity index (χ3n) is 3.47. The number of amides is 1. The van der Waals surface area contributed by atoms with E-state index in [2.05, 4.69) is 29.5 Å². The Hall–Kier alpha value is -2.56. The Balaban J connectivity index is 1.76. The van der Waals surface area contributed by atoms with E-state index in [0.29, 0.717) is 17.4 Å². The Kier molecular flexibility index (Phi) is 6.61. The highest BCUT2D eigenvalue weighted by Crippen LogP contribution is 2.13. The lowest BCUT2D eigenvalue weighted by Crippen LogP contribution is -2.20. The first-order chi connectivity index (χ1) is 11.5. The van der Waals surface area contributed by atoms with Crippen LogP contribution < -0.4 is 15.4 Å². The van der Waals surface area contributed by atoms with Gasteiger partial charge in [0.15, 0.2) is 6.61 Å². The molecule has 2 rings (SSSR count). The Labute approximate surface area is 143 Å². The van der Waals surface area contributed by atoms with Crippen molar-refractivity contribution in [2.45, 2.75) is 27.2 Å². The number of benzene rings is 1. The summed E-state index contributed by atoms with van der Waals surface area (Å²) in [6.07, 6.45) is 2.73. The maximum absolute atomic E-state index is 11.9. The minimum absolute atomic E-state index is 0.0303. The number of pyridine rings is 1. The number of nitrogens with zero attached hydrogens (tertiary/aromatic N) is 1. The molecule has 1 aromatic carbocycles.